The molecule has 7 nitrogen and oxygen atoms in total. The van der Waals surface area contributed by atoms with Crippen LogP contribution in [0.1, 0.15) is 12.5 Å². The Morgan fingerprint density at radius 1 is 1.54 bits per heavy atom. The lowest BCUT2D eigenvalue weighted by Crippen LogP contribution is -2.42. The van der Waals surface area contributed by atoms with Gasteiger partial charge in [-0.05, 0) is 24.6 Å². The van der Waals surface area contributed by atoms with Gasteiger partial charge >= 0.3 is 5.97 Å². The van der Waals surface area contributed by atoms with E-state index >= 15 is 0 Å². The lowest BCUT2D eigenvalue weighted by molar-refractivity contribution is -0.384. The summed E-state index contributed by atoms with van der Waals surface area (Å²) in [6.45, 7) is 1.51. The fourth-order valence-corrected chi connectivity index (χ4v) is 3.61. The molecule has 0 aliphatic carbocycles. The van der Waals surface area contributed by atoms with Crippen molar-refractivity contribution in [1.29, 1.82) is 0 Å². The topological polar surface area (TPSA) is 89.8 Å². The van der Waals surface area contributed by atoms with E-state index in [1.54, 1.807) is 6.07 Å². The standard InChI is InChI=1S/C14H11ClN2O5S2/c1-7(13(19)22-2)16-12(18)11(24-14(16)23)6-8-3-4-9(15)10(5-8)17(20)21/h3-7H,1-2H3/b11-6-/t7-/m0/s1. The number of ether oxygens (including phenoxy) is 1. The fourth-order valence-electron chi connectivity index (χ4n) is 2.00. The van der Waals surface area contributed by atoms with E-state index < -0.39 is 22.8 Å². The monoisotopic (exact) mass is 386 g/mol. The van der Waals surface area contributed by atoms with Crippen LogP contribution >= 0.6 is 35.6 Å². The SMILES string of the molecule is COC(=O)[C@H](C)N1C(=O)/C(=C/c2ccc(Cl)c([N+](=O)[O-])c2)SC1=S. The van der Waals surface area contributed by atoms with Crippen LogP contribution in [0.2, 0.25) is 5.02 Å². The van der Waals surface area contributed by atoms with Crippen LogP contribution in [0.25, 0.3) is 6.08 Å². The van der Waals surface area contributed by atoms with Gasteiger partial charge in [0.05, 0.1) is 16.9 Å². The molecule has 10 heteroatoms. The smallest absolute Gasteiger partial charge is 0.328 e. The third kappa shape index (κ3) is 3.58. The van der Waals surface area contributed by atoms with Crippen LogP contribution in [-0.4, -0.2) is 39.2 Å². The highest BCUT2D eigenvalue weighted by atomic mass is 35.5. The summed E-state index contributed by atoms with van der Waals surface area (Å²) in [6.07, 6.45) is 1.46. The first-order valence-electron chi connectivity index (χ1n) is 6.55. The number of nitrogens with zero attached hydrogens (tertiary/aromatic N) is 2. The van der Waals surface area contributed by atoms with Crippen molar-refractivity contribution in [2.24, 2.45) is 0 Å². The number of thioether (sulfide) groups is 1. The van der Waals surface area contributed by atoms with Gasteiger partial charge in [0, 0.05) is 6.07 Å². The van der Waals surface area contributed by atoms with Crippen molar-refractivity contribution in [3.05, 3.63) is 43.8 Å². The van der Waals surface area contributed by atoms with Gasteiger partial charge < -0.3 is 4.74 Å². The third-order valence-electron chi connectivity index (χ3n) is 3.22. The minimum absolute atomic E-state index is 0.00372. The number of thiocarbonyl (C=S) groups is 1. The summed E-state index contributed by atoms with van der Waals surface area (Å²) in [7, 11) is 1.22. The van der Waals surface area contributed by atoms with Gasteiger partial charge in [-0.25, -0.2) is 4.79 Å². The summed E-state index contributed by atoms with van der Waals surface area (Å²) >= 11 is 11.9. The van der Waals surface area contributed by atoms with E-state index in [4.69, 9.17) is 23.8 Å². The highest BCUT2D eigenvalue weighted by molar-refractivity contribution is 8.26. The van der Waals surface area contributed by atoms with Crippen molar-refractivity contribution < 1.29 is 19.2 Å². The molecule has 1 heterocycles. The van der Waals surface area contributed by atoms with Crippen molar-refractivity contribution in [2.75, 3.05) is 7.11 Å². The van der Waals surface area contributed by atoms with Crippen molar-refractivity contribution in [3.63, 3.8) is 0 Å². The zero-order chi connectivity index (χ0) is 18.0. The lowest BCUT2D eigenvalue weighted by atomic mass is 10.2. The van der Waals surface area contributed by atoms with Gasteiger partial charge in [0.15, 0.2) is 0 Å². The van der Waals surface area contributed by atoms with Gasteiger partial charge in [-0.2, -0.15) is 0 Å². The quantitative estimate of drug-likeness (QED) is 0.258. The Hall–Kier alpha value is -1.97. The first kappa shape index (κ1) is 18.4. The van der Waals surface area contributed by atoms with Crippen LogP contribution < -0.4 is 0 Å². The third-order valence-corrected chi connectivity index (χ3v) is 4.87. The van der Waals surface area contributed by atoms with Gasteiger partial charge in [-0.15, -0.1) is 0 Å². The Bertz CT molecular complexity index is 780. The molecule has 1 aromatic rings. The highest BCUT2D eigenvalue weighted by Crippen LogP contribution is 2.35. The minimum atomic E-state index is -0.854. The van der Waals surface area contributed by atoms with Gasteiger partial charge in [0.2, 0.25) is 0 Å². The zero-order valence-electron chi connectivity index (χ0n) is 12.5. The molecule has 0 radical (unpaired) electrons. The van der Waals surface area contributed by atoms with Gasteiger partial charge in [-0.1, -0.05) is 41.6 Å². The number of esters is 1. The lowest BCUT2D eigenvalue weighted by Gasteiger charge is -2.20. The summed E-state index contributed by atoms with van der Waals surface area (Å²) in [5, 5.41) is 10.9. The van der Waals surface area contributed by atoms with Crippen LogP contribution in [0.15, 0.2) is 23.1 Å². The number of benzene rings is 1. The first-order chi connectivity index (χ1) is 11.3. The molecule has 1 atom stereocenters. The second-order valence-corrected chi connectivity index (χ2v) is 6.80. The Morgan fingerprint density at radius 3 is 2.79 bits per heavy atom. The molecule has 1 aromatic carbocycles. The van der Waals surface area contributed by atoms with E-state index in [9.17, 15) is 19.7 Å². The van der Waals surface area contributed by atoms with Crippen molar-refractivity contribution >= 4 is 63.5 Å². The molecule has 0 bridgehead atoms. The number of halogens is 1. The number of carbonyl (C=O) groups is 2. The molecule has 0 unspecified atom stereocenters. The van der Waals surface area contributed by atoms with Crippen LogP contribution in [-0.2, 0) is 14.3 Å². The Kier molecular flexibility index (Phi) is 5.58. The summed E-state index contributed by atoms with van der Waals surface area (Å²) in [6, 6.07) is 3.33. The van der Waals surface area contributed by atoms with Crippen molar-refractivity contribution in [3.8, 4) is 0 Å². The molecule has 0 spiro atoms. The number of hydrogen-bond acceptors (Lipinski definition) is 7. The average molecular weight is 387 g/mol. The van der Waals surface area contributed by atoms with Crippen LogP contribution in [0.4, 0.5) is 5.69 Å². The largest absolute Gasteiger partial charge is 0.467 e. The summed E-state index contributed by atoms with van der Waals surface area (Å²) in [5.41, 5.74) is 0.168. The number of nitro benzene ring substituents is 1. The molecule has 0 aromatic heterocycles. The average Bonchev–Trinajstić information content (AvgIpc) is 2.81. The van der Waals surface area contributed by atoms with E-state index in [-0.39, 0.29) is 19.9 Å². The number of hydrogen-bond donors (Lipinski definition) is 0. The second-order valence-electron chi connectivity index (χ2n) is 4.72. The van der Waals surface area contributed by atoms with E-state index in [0.29, 0.717) is 5.56 Å². The molecule has 1 saturated heterocycles. The number of rotatable bonds is 4. The molecule has 126 valence electrons. The van der Waals surface area contributed by atoms with Crippen molar-refractivity contribution in [2.45, 2.75) is 13.0 Å². The van der Waals surface area contributed by atoms with Gasteiger partial charge in [0.25, 0.3) is 11.6 Å². The maximum absolute atomic E-state index is 12.4. The van der Waals surface area contributed by atoms with Crippen LogP contribution in [0.3, 0.4) is 0 Å². The molecule has 2 rings (SSSR count). The fraction of sp³-hybridized carbons (Fsp3) is 0.214. The summed E-state index contributed by atoms with van der Waals surface area (Å²) in [5.74, 6) is -1.05. The Morgan fingerprint density at radius 2 is 2.21 bits per heavy atom. The van der Waals surface area contributed by atoms with Crippen LogP contribution in [0, 0.1) is 10.1 Å². The predicted octanol–water partition coefficient (Wildman–Crippen LogP) is 3.01. The Labute approximate surface area is 151 Å². The molecule has 1 aliphatic heterocycles. The van der Waals surface area contributed by atoms with Gasteiger partial charge in [-0.3, -0.25) is 19.8 Å². The molecule has 24 heavy (non-hydrogen) atoms. The molecule has 1 fully saturated rings. The zero-order valence-corrected chi connectivity index (χ0v) is 14.9. The normalized spacial score (nSPS) is 17.3. The number of carbonyl (C=O) groups excluding carboxylic acids is 2. The molecular weight excluding hydrogens is 376 g/mol. The molecule has 0 N–H and O–H groups in total. The molecule has 1 amide bonds. The second kappa shape index (κ2) is 7.29. The highest BCUT2D eigenvalue weighted by Gasteiger charge is 2.38. The molecular formula is C14H11ClN2O5S2. The van der Waals surface area contributed by atoms with E-state index in [1.165, 1.54) is 32.2 Å². The number of nitro groups is 1. The Balaban J connectivity index is 2.34. The number of amides is 1. The molecule has 1 aliphatic rings. The van der Waals surface area contributed by atoms with Crippen molar-refractivity contribution in [1.82, 2.24) is 4.90 Å². The summed E-state index contributed by atoms with van der Waals surface area (Å²) < 4.78 is 4.83. The minimum Gasteiger partial charge on any atom is -0.467 e. The first-order valence-corrected chi connectivity index (χ1v) is 8.15. The maximum Gasteiger partial charge on any atom is 0.328 e. The predicted molar refractivity (Wildman–Crippen MR) is 94.6 cm³/mol. The number of methoxy groups -OCH3 is 1. The van der Waals surface area contributed by atoms with E-state index in [0.717, 1.165) is 16.7 Å². The van der Waals surface area contributed by atoms with E-state index in [1.807, 2.05) is 0 Å². The van der Waals surface area contributed by atoms with Crippen LogP contribution in [0.5, 0.6) is 0 Å². The molecule has 0 saturated carbocycles. The summed E-state index contributed by atoms with van der Waals surface area (Å²) in [4.78, 5) is 35.8. The van der Waals surface area contributed by atoms with Gasteiger partial charge in [0.1, 0.15) is 15.4 Å². The maximum atomic E-state index is 12.4. The van der Waals surface area contributed by atoms with E-state index in [2.05, 4.69) is 4.74 Å².